The quantitative estimate of drug-likeness (QED) is 0.892. The van der Waals surface area contributed by atoms with Gasteiger partial charge >= 0.3 is 0 Å². The van der Waals surface area contributed by atoms with E-state index in [2.05, 4.69) is 36.2 Å². The van der Waals surface area contributed by atoms with Gasteiger partial charge in [-0.05, 0) is 37.6 Å². The summed E-state index contributed by atoms with van der Waals surface area (Å²) in [5, 5.41) is 0. The van der Waals surface area contributed by atoms with Gasteiger partial charge in [0.05, 0.1) is 6.61 Å². The van der Waals surface area contributed by atoms with Crippen LogP contribution in [0.2, 0.25) is 0 Å². The maximum absolute atomic E-state index is 6.38. The van der Waals surface area contributed by atoms with E-state index in [1.54, 1.807) is 7.11 Å². The molecule has 0 spiro atoms. The number of ether oxygens (including phenoxy) is 1. The lowest BCUT2D eigenvalue weighted by Crippen LogP contribution is -2.38. The predicted octanol–water partition coefficient (Wildman–Crippen LogP) is 2.32. The van der Waals surface area contributed by atoms with Gasteiger partial charge in [-0.3, -0.25) is 4.90 Å². The lowest BCUT2D eigenvalue weighted by Gasteiger charge is -2.32. The van der Waals surface area contributed by atoms with E-state index in [4.69, 9.17) is 10.5 Å². The molecule has 1 aliphatic heterocycles. The molecule has 0 aliphatic carbocycles. The van der Waals surface area contributed by atoms with E-state index in [0.717, 1.165) is 13.0 Å². The van der Waals surface area contributed by atoms with Gasteiger partial charge in [0.25, 0.3) is 0 Å². The molecule has 0 amide bonds. The summed E-state index contributed by atoms with van der Waals surface area (Å²) >= 11 is 0. The summed E-state index contributed by atoms with van der Waals surface area (Å²) in [6.07, 6.45) is 3.58. The van der Waals surface area contributed by atoms with E-state index in [1.165, 1.54) is 24.0 Å². The molecule has 1 saturated heterocycles. The lowest BCUT2D eigenvalue weighted by atomic mass is 9.93. The van der Waals surface area contributed by atoms with Crippen LogP contribution < -0.4 is 5.73 Å². The molecule has 1 aliphatic rings. The Labute approximate surface area is 110 Å². The van der Waals surface area contributed by atoms with E-state index in [-0.39, 0.29) is 6.04 Å². The molecule has 100 valence electrons. The molecule has 2 N–H and O–H groups in total. The standard InChI is InChI=1S/C15H24N2O/c1-17-10-6-5-9-14(16)15(17)13-8-4-3-7-12(13)11-18-2/h3-4,7-8,14-15H,5-6,9-11,16H2,1-2H3. The average Bonchev–Trinajstić information content (AvgIpc) is 2.52. The number of nitrogens with two attached hydrogens (primary N) is 1. The largest absolute Gasteiger partial charge is 0.380 e. The van der Waals surface area contributed by atoms with Crippen molar-refractivity contribution in [3.63, 3.8) is 0 Å². The number of likely N-dealkylation sites (N-methyl/N-ethyl adjacent to an activating group) is 1. The van der Waals surface area contributed by atoms with Crippen LogP contribution in [-0.2, 0) is 11.3 Å². The highest BCUT2D eigenvalue weighted by Gasteiger charge is 2.27. The Morgan fingerprint density at radius 2 is 2.11 bits per heavy atom. The van der Waals surface area contributed by atoms with Crippen LogP contribution in [0.25, 0.3) is 0 Å². The van der Waals surface area contributed by atoms with Gasteiger partial charge in [0.2, 0.25) is 0 Å². The Balaban J connectivity index is 2.32. The first-order valence-electron chi connectivity index (χ1n) is 6.76. The van der Waals surface area contributed by atoms with E-state index in [9.17, 15) is 0 Å². The second kappa shape index (κ2) is 6.32. The molecule has 1 fully saturated rings. The molecule has 2 unspecified atom stereocenters. The van der Waals surface area contributed by atoms with Gasteiger partial charge in [-0.25, -0.2) is 0 Å². The highest BCUT2D eigenvalue weighted by Crippen LogP contribution is 2.30. The van der Waals surface area contributed by atoms with E-state index < -0.39 is 0 Å². The van der Waals surface area contributed by atoms with Crippen molar-refractivity contribution in [2.75, 3.05) is 20.7 Å². The first-order valence-corrected chi connectivity index (χ1v) is 6.76. The van der Waals surface area contributed by atoms with Crippen LogP contribution in [-0.4, -0.2) is 31.6 Å². The van der Waals surface area contributed by atoms with Gasteiger partial charge in [-0.2, -0.15) is 0 Å². The second-order valence-corrected chi connectivity index (χ2v) is 5.22. The van der Waals surface area contributed by atoms with Crippen molar-refractivity contribution in [3.8, 4) is 0 Å². The van der Waals surface area contributed by atoms with Crippen LogP contribution in [0.4, 0.5) is 0 Å². The second-order valence-electron chi connectivity index (χ2n) is 5.22. The minimum Gasteiger partial charge on any atom is -0.380 e. The maximum Gasteiger partial charge on any atom is 0.0716 e. The lowest BCUT2D eigenvalue weighted by molar-refractivity contribution is 0.178. The van der Waals surface area contributed by atoms with Crippen LogP contribution in [0.3, 0.4) is 0 Å². The molecular formula is C15H24N2O. The van der Waals surface area contributed by atoms with Crippen LogP contribution >= 0.6 is 0 Å². The molecule has 0 radical (unpaired) electrons. The summed E-state index contributed by atoms with van der Waals surface area (Å²) in [4.78, 5) is 2.40. The minimum absolute atomic E-state index is 0.218. The topological polar surface area (TPSA) is 38.5 Å². The van der Waals surface area contributed by atoms with Gasteiger partial charge in [0, 0.05) is 19.2 Å². The van der Waals surface area contributed by atoms with Gasteiger partial charge in [-0.1, -0.05) is 30.7 Å². The Morgan fingerprint density at radius 3 is 2.89 bits per heavy atom. The monoisotopic (exact) mass is 248 g/mol. The summed E-state index contributed by atoms with van der Waals surface area (Å²) in [6.45, 7) is 1.78. The van der Waals surface area contributed by atoms with Gasteiger partial charge in [0.1, 0.15) is 0 Å². The Bertz CT molecular complexity index is 369. The summed E-state index contributed by atoms with van der Waals surface area (Å²) in [7, 11) is 3.92. The molecule has 3 heteroatoms. The molecule has 18 heavy (non-hydrogen) atoms. The van der Waals surface area contributed by atoms with Crippen LogP contribution in [0.1, 0.15) is 36.4 Å². The van der Waals surface area contributed by atoms with Crippen LogP contribution in [0.15, 0.2) is 24.3 Å². The third kappa shape index (κ3) is 2.91. The fourth-order valence-electron chi connectivity index (χ4n) is 2.94. The summed E-state index contributed by atoms with van der Waals surface area (Å²) < 4.78 is 5.30. The molecule has 0 bridgehead atoms. The van der Waals surface area contributed by atoms with Crippen LogP contribution in [0.5, 0.6) is 0 Å². The number of nitrogens with zero attached hydrogens (tertiary/aromatic N) is 1. The highest BCUT2D eigenvalue weighted by molar-refractivity contribution is 5.31. The van der Waals surface area contributed by atoms with Crippen molar-refractivity contribution in [3.05, 3.63) is 35.4 Å². The Kier molecular flexibility index (Phi) is 4.75. The number of benzene rings is 1. The van der Waals surface area contributed by atoms with E-state index >= 15 is 0 Å². The molecule has 0 saturated carbocycles. The highest BCUT2D eigenvalue weighted by atomic mass is 16.5. The van der Waals surface area contributed by atoms with Crippen molar-refractivity contribution in [2.45, 2.75) is 38.0 Å². The van der Waals surface area contributed by atoms with Gasteiger partial charge in [-0.15, -0.1) is 0 Å². The number of rotatable bonds is 3. The van der Waals surface area contributed by atoms with Crippen molar-refractivity contribution in [1.29, 1.82) is 0 Å². The fourth-order valence-corrected chi connectivity index (χ4v) is 2.94. The number of hydrogen-bond acceptors (Lipinski definition) is 3. The first kappa shape index (κ1) is 13.5. The van der Waals surface area contributed by atoms with Crippen molar-refractivity contribution in [1.82, 2.24) is 4.90 Å². The zero-order valence-electron chi connectivity index (χ0n) is 11.4. The summed E-state index contributed by atoms with van der Waals surface area (Å²) in [6, 6.07) is 9.04. The van der Waals surface area contributed by atoms with E-state index in [1.807, 2.05) is 0 Å². The summed E-state index contributed by atoms with van der Waals surface area (Å²) in [5.41, 5.74) is 8.97. The number of hydrogen-bond donors (Lipinski definition) is 1. The number of methoxy groups -OCH3 is 1. The molecular weight excluding hydrogens is 224 g/mol. The smallest absolute Gasteiger partial charge is 0.0716 e. The fraction of sp³-hybridized carbons (Fsp3) is 0.600. The molecule has 1 aromatic rings. The molecule has 0 aromatic heterocycles. The van der Waals surface area contributed by atoms with Crippen molar-refractivity contribution in [2.24, 2.45) is 5.73 Å². The first-order chi connectivity index (χ1) is 8.74. The Morgan fingerprint density at radius 1 is 1.33 bits per heavy atom. The molecule has 3 nitrogen and oxygen atoms in total. The summed E-state index contributed by atoms with van der Waals surface area (Å²) in [5.74, 6) is 0. The zero-order valence-corrected chi connectivity index (χ0v) is 11.4. The van der Waals surface area contributed by atoms with Crippen molar-refractivity contribution >= 4 is 0 Å². The molecule has 1 aromatic carbocycles. The van der Waals surface area contributed by atoms with E-state index in [0.29, 0.717) is 12.6 Å². The van der Waals surface area contributed by atoms with Gasteiger partial charge in [0.15, 0.2) is 0 Å². The third-order valence-corrected chi connectivity index (χ3v) is 3.85. The SMILES string of the molecule is COCc1ccccc1C1C(N)CCCCN1C. The van der Waals surface area contributed by atoms with Crippen LogP contribution in [0, 0.1) is 0 Å². The predicted molar refractivity (Wildman–Crippen MR) is 74.4 cm³/mol. The zero-order chi connectivity index (χ0) is 13.0. The van der Waals surface area contributed by atoms with Crippen molar-refractivity contribution < 1.29 is 4.74 Å². The Hall–Kier alpha value is -0.900. The van der Waals surface area contributed by atoms with Gasteiger partial charge < -0.3 is 10.5 Å². The maximum atomic E-state index is 6.38. The normalized spacial score (nSPS) is 25.9. The average molecular weight is 248 g/mol. The number of likely N-dealkylation sites (tertiary alicyclic amines) is 1. The molecule has 1 heterocycles. The molecule has 2 atom stereocenters. The third-order valence-electron chi connectivity index (χ3n) is 3.85. The minimum atomic E-state index is 0.218. The molecule has 2 rings (SSSR count).